The van der Waals surface area contributed by atoms with Gasteiger partial charge < -0.3 is 20.7 Å². The van der Waals surface area contributed by atoms with Gasteiger partial charge in [0, 0.05) is 12.4 Å². The van der Waals surface area contributed by atoms with E-state index in [1.54, 1.807) is 0 Å². The van der Waals surface area contributed by atoms with Crippen LogP contribution in [0.3, 0.4) is 0 Å². The Morgan fingerprint density at radius 3 is 2.30 bits per heavy atom. The molecular weight excluding hydrogens is 159 g/mol. The normalized spacial score (nSPS) is 39.3. The van der Waals surface area contributed by atoms with E-state index in [1.165, 1.54) is 0 Å². The predicted molar refractivity (Wildman–Crippen MR) is 32.1 cm³/mol. The number of hydrogen-bond donors (Lipinski definition) is 2. The van der Waals surface area contributed by atoms with Gasteiger partial charge in [0.05, 0.1) is 6.10 Å². The minimum absolute atomic E-state index is 0. The van der Waals surface area contributed by atoms with Crippen LogP contribution in [0.5, 0.6) is 0 Å². The molecule has 54 valence electrons. The fourth-order valence-corrected chi connectivity index (χ4v) is 0.781. The van der Waals surface area contributed by atoms with Crippen LogP contribution in [0.15, 0.2) is 0 Å². The number of nitrogens with zero attached hydrogens (tertiary/aromatic N) is 1. The van der Waals surface area contributed by atoms with E-state index < -0.39 is 6.35 Å². The number of nitrogens with one attached hydrogen (secondary N) is 1. The van der Waals surface area contributed by atoms with Crippen molar-refractivity contribution in [3.63, 3.8) is 0 Å². The topological polar surface area (TPSA) is 55.6 Å². The van der Waals surface area contributed by atoms with Gasteiger partial charge in [-0.1, -0.05) is 0 Å². The first-order valence-corrected chi connectivity index (χ1v) is 2.99. The standard InChI is InChI=1S/C5H11N2O2.K/c1-3-4(2)9-5(6-3)7-8;/h3-6,8H,1-2H3;/q-1;+1. The van der Waals surface area contributed by atoms with E-state index in [0.29, 0.717) is 0 Å². The molecule has 0 aliphatic carbocycles. The zero-order chi connectivity index (χ0) is 6.85. The molecule has 1 saturated heterocycles. The number of ether oxygens (including phenoxy) is 1. The molecular formula is C5H11KN2O2. The molecule has 4 nitrogen and oxygen atoms in total. The van der Waals surface area contributed by atoms with Crippen molar-refractivity contribution < 1.29 is 61.3 Å². The fourth-order valence-electron chi connectivity index (χ4n) is 0.781. The summed E-state index contributed by atoms with van der Waals surface area (Å²) in [5, 5.41) is 11.2. The zero-order valence-corrected chi connectivity index (χ0v) is 9.66. The van der Waals surface area contributed by atoms with E-state index in [0.717, 1.165) is 0 Å². The van der Waals surface area contributed by atoms with Crippen LogP contribution in [0.4, 0.5) is 0 Å². The smallest absolute Gasteiger partial charge is 0.499 e. The average molecular weight is 170 g/mol. The van der Waals surface area contributed by atoms with E-state index in [4.69, 9.17) is 9.94 Å². The first-order chi connectivity index (χ1) is 4.24. The summed E-state index contributed by atoms with van der Waals surface area (Å²) in [6.45, 7) is 3.92. The SMILES string of the molecule is CC1NC([N-]O)OC1C.[K+]. The Morgan fingerprint density at radius 2 is 2.10 bits per heavy atom. The van der Waals surface area contributed by atoms with Crippen molar-refractivity contribution in [2.75, 3.05) is 0 Å². The Bertz CT molecular complexity index is 93.6. The van der Waals surface area contributed by atoms with Crippen LogP contribution < -0.4 is 56.7 Å². The van der Waals surface area contributed by atoms with Crippen molar-refractivity contribution in [3.05, 3.63) is 5.48 Å². The van der Waals surface area contributed by atoms with Gasteiger partial charge in [-0.15, -0.1) is 0 Å². The molecule has 0 aromatic carbocycles. The molecule has 3 atom stereocenters. The summed E-state index contributed by atoms with van der Waals surface area (Å²) in [7, 11) is 0. The third-order valence-electron chi connectivity index (χ3n) is 1.56. The van der Waals surface area contributed by atoms with E-state index in [2.05, 4.69) is 10.8 Å². The molecule has 3 unspecified atom stereocenters. The third kappa shape index (κ3) is 2.84. The molecule has 1 heterocycles. The summed E-state index contributed by atoms with van der Waals surface area (Å²) in [5.74, 6) is 0. The maximum atomic E-state index is 8.24. The third-order valence-corrected chi connectivity index (χ3v) is 1.56. The van der Waals surface area contributed by atoms with Crippen LogP contribution in [0, 0.1) is 0 Å². The van der Waals surface area contributed by atoms with E-state index >= 15 is 0 Å². The first-order valence-electron chi connectivity index (χ1n) is 2.99. The minimum Gasteiger partial charge on any atom is -0.499 e. The van der Waals surface area contributed by atoms with Crippen LogP contribution >= 0.6 is 0 Å². The largest absolute Gasteiger partial charge is 1.00 e. The summed E-state index contributed by atoms with van der Waals surface area (Å²) < 4.78 is 5.09. The molecule has 5 heteroatoms. The molecule has 0 radical (unpaired) electrons. The molecule has 0 spiro atoms. The molecule has 1 aliphatic heterocycles. The van der Waals surface area contributed by atoms with Crippen molar-refractivity contribution in [2.24, 2.45) is 0 Å². The van der Waals surface area contributed by atoms with Crippen molar-refractivity contribution in [3.8, 4) is 0 Å². The molecule has 0 aromatic rings. The van der Waals surface area contributed by atoms with Crippen LogP contribution in [-0.2, 0) is 4.74 Å². The van der Waals surface area contributed by atoms with Crippen molar-refractivity contribution in [2.45, 2.75) is 32.3 Å². The van der Waals surface area contributed by atoms with Crippen LogP contribution in [0.2, 0.25) is 0 Å². The van der Waals surface area contributed by atoms with Crippen LogP contribution in [0.1, 0.15) is 13.8 Å². The van der Waals surface area contributed by atoms with Gasteiger partial charge in [-0.25, -0.2) is 0 Å². The number of hydroxylamine groups is 1. The van der Waals surface area contributed by atoms with Gasteiger partial charge in [-0.3, -0.25) is 0 Å². The van der Waals surface area contributed by atoms with Gasteiger partial charge in [0.25, 0.3) is 0 Å². The Labute approximate surface area is 103 Å². The molecule has 0 aromatic heterocycles. The quantitative estimate of drug-likeness (QED) is 0.336. The molecule has 0 saturated carbocycles. The van der Waals surface area contributed by atoms with E-state index in [9.17, 15) is 0 Å². The second-order valence-electron chi connectivity index (χ2n) is 2.26. The summed E-state index contributed by atoms with van der Waals surface area (Å²) in [5.41, 5.74) is 2.96. The Kier molecular flexibility index (Phi) is 5.95. The van der Waals surface area contributed by atoms with Gasteiger partial charge in [0.1, 0.15) is 0 Å². The van der Waals surface area contributed by atoms with Crippen molar-refractivity contribution in [1.82, 2.24) is 5.32 Å². The summed E-state index contributed by atoms with van der Waals surface area (Å²) in [6.07, 6.45) is -0.388. The molecule has 1 rings (SSSR count). The van der Waals surface area contributed by atoms with Gasteiger partial charge in [0.2, 0.25) is 0 Å². The summed E-state index contributed by atoms with van der Waals surface area (Å²) in [4.78, 5) is 0. The Balaban J connectivity index is 0.000000810. The van der Waals surface area contributed by atoms with Crippen LogP contribution in [-0.4, -0.2) is 23.7 Å². The van der Waals surface area contributed by atoms with Gasteiger partial charge in [0.15, 0.2) is 0 Å². The molecule has 0 bridgehead atoms. The monoisotopic (exact) mass is 170 g/mol. The van der Waals surface area contributed by atoms with Crippen molar-refractivity contribution >= 4 is 0 Å². The second kappa shape index (κ2) is 5.18. The maximum absolute atomic E-state index is 8.24. The predicted octanol–water partition coefficient (Wildman–Crippen LogP) is -2.57. The average Bonchev–Trinajstić information content (AvgIpc) is 2.13. The van der Waals surface area contributed by atoms with Crippen molar-refractivity contribution in [1.29, 1.82) is 0 Å². The van der Waals surface area contributed by atoms with Gasteiger partial charge >= 0.3 is 51.4 Å². The van der Waals surface area contributed by atoms with Gasteiger partial charge in [-0.05, 0) is 13.8 Å². The molecule has 1 fully saturated rings. The van der Waals surface area contributed by atoms with Gasteiger partial charge in [-0.2, -0.15) is 0 Å². The summed E-state index contributed by atoms with van der Waals surface area (Å²) >= 11 is 0. The molecule has 0 amide bonds. The number of rotatable bonds is 1. The molecule has 2 N–H and O–H groups in total. The van der Waals surface area contributed by atoms with Crippen LogP contribution in [0.25, 0.3) is 5.48 Å². The Morgan fingerprint density at radius 1 is 1.50 bits per heavy atom. The fraction of sp³-hybridized carbons (Fsp3) is 1.00. The second-order valence-corrected chi connectivity index (χ2v) is 2.26. The zero-order valence-electron chi connectivity index (χ0n) is 6.53. The summed E-state index contributed by atoms with van der Waals surface area (Å²) in [6, 6.07) is 0.269. The van der Waals surface area contributed by atoms with E-state index in [-0.39, 0.29) is 63.5 Å². The Hall–Kier alpha value is 1.48. The molecule has 10 heavy (non-hydrogen) atoms. The number of hydrogen-bond acceptors (Lipinski definition) is 3. The van der Waals surface area contributed by atoms with E-state index in [1.807, 2.05) is 13.8 Å². The molecule has 1 aliphatic rings. The first kappa shape index (κ1) is 11.5. The maximum Gasteiger partial charge on any atom is 1.00 e. The minimum atomic E-state index is -0.519.